The Bertz CT molecular complexity index is 1100. The molecule has 1 aliphatic heterocycles. The van der Waals surface area contributed by atoms with Gasteiger partial charge in [0.05, 0.1) is 0 Å². The van der Waals surface area contributed by atoms with E-state index < -0.39 is 5.97 Å². The van der Waals surface area contributed by atoms with Crippen LogP contribution >= 0.6 is 0 Å². The Morgan fingerprint density at radius 3 is 2.39 bits per heavy atom. The number of nitrogens with zero attached hydrogens (tertiary/aromatic N) is 3. The second kappa shape index (κ2) is 10.7. The van der Waals surface area contributed by atoms with Crippen molar-refractivity contribution in [2.24, 2.45) is 0 Å². The SMILES string of the molecule is O=C(OCC(=O)N1CCN(Cc2ccccc2F)CC1)c1cccnc1Oc1ccccc1. The minimum Gasteiger partial charge on any atom is -0.452 e. The van der Waals surface area contributed by atoms with E-state index in [2.05, 4.69) is 9.88 Å². The number of rotatable bonds is 7. The molecular formula is C25H24FN3O4. The largest absolute Gasteiger partial charge is 0.452 e. The van der Waals surface area contributed by atoms with Gasteiger partial charge >= 0.3 is 5.97 Å². The van der Waals surface area contributed by atoms with Gasteiger partial charge in [0.25, 0.3) is 5.91 Å². The van der Waals surface area contributed by atoms with Gasteiger partial charge in [-0.1, -0.05) is 36.4 Å². The van der Waals surface area contributed by atoms with Crippen LogP contribution in [0, 0.1) is 5.82 Å². The maximum Gasteiger partial charge on any atom is 0.344 e. The van der Waals surface area contributed by atoms with Crippen LogP contribution in [0.1, 0.15) is 15.9 Å². The predicted octanol–water partition coefficient (Wildman–Crippen LogP) is 3.51. The predicted molar refractivity (Wildman–Crippen MR) is 119 cm³/mol. The highest BCUT2D eigenvalue weighted by Gasteiger charge is 2.24. The Balaban J connectivity index is 1.27. The van der Waals surface area contributed by atoms with Gasteiger partial charge in [0, 0.05) is 44.5 Å². The first-order valence-electron chi connectivity index (χ1n) is 10.7. The summed E-state index contributed by atoms with van der Waals surface area (Å²) in [5.74, 6) is -0.532. The van der Waals surface area contributed by atoms with Crippen molar-refractivity contribution in [3.8, 4) is 11.6 Å². The van der Waals surface area contributed by atoms with Crippen LogP contribution in [0.2, 0.25) is 0 Å². The van der Waals surface area contributed by atoms with Gasteiger partial charge in [0.2, 0.25) is 5.88 Å². The monoisotopic (exact) mass is 449 g/mol. The number of para-hydroxylation sites is 1. The Morgan fingerprint density at radius 1 is 0.909 bits per heavy atom. The molecule has 0 N–H and O–H groups in total. The maximum absolute atomic E-state index is 13.9. The molecule has 0 aliphatic carbocycles. The van der Waals surface area contributed by atoms with Gasteiger partial charge in [0.15, 0.2) is 6.61 Å². The molecule has 0 saturated carbocycles. The molecule has 2 heterocycles. The third-order valence-corrected chi connectivity index (χ3v) is 5.35. The first kappa shape index (κ1) is 22.4. The number of amides is 1. The lowest BCUT2D eigenvalue weighted by atomic mass is 10.2. The topological polar surface area (TPSA) is 72.0 Å². The Kier molecular flexibility index (Phi) is 7.26. The number of piperazine rings is 1. The van der Waals surface area contributed by atoms with Crippen molar-refractivity contribution >= 4 is 11.9 Å². The average molecular weight is 449 g/mol. The first-order valence-corrected chi connectivity index (χ1v) is 10.7. The molecule has 8 heteroatoms. The fourth-order valence-corrected chi connectivity index (χ4v) is 3.55. The van der Waals surface area contributed by atoms with E-state index in [-0.39, 0.29) is 29.8 Å². The molecule has 1 aliphatic rings. The van der Waals surface area contributed by atoms with Gasteiger partial charge in [-0.15, -0.1) is 0 Å². The number of hydrogen-bond acceptors (Lipinski definition) is 6. The third kappa shape index (κ3) is 5.93. The molecule has 0 unspecified atom stereocenters. The van der Waals surface area contributed by atoms with E-state index in [1.165, 1.54) is 12.3 Å². The molecule has 1 aromatic heterocycles. The van der Waals surface area contributed by atoms with Crippen molar-refractivity contribution in [2.75, 3.05) is 32.8 Å². The summed E-state index contributed by atoms with van der Waals surface area (Å²) in [5, 5.41) is 0. The number of halogens is 1. The molecule has 0 bridgehead atoms. The number of aromatic nitrogens is 1. The molecule has 0 atom stereocenters. The lowest BCUT2D eigenvalue weighted by molar-refractivity contribution is -0.136. The van der Waals surface area contributed by atoms with Crippen molar-refractivity contribution in [1.29, 1.82) is 0 Å². The molecule has 4 rings (SSSR count). The molecule has 33 heavy (non-hydrogen) atoms. The summed E-state index contributed by atoms with van der Waals surface area (Å²) in [6.45, 7) is 2.33. The minimum atomic E-state index is -0.680. The van der Waals surface area contributed by atoms with Crippen LogP contribution in [-0.2, 0) is 16.1 Å². The standard InChI is InChI=1S/C25H24FN3O4/c26-22-11-5-4-7-19(22)17-28-13-15-29(16-14-28)23(30)18-32-25(31)21-10-6-12-27-24(21)33-20-8-2-1-3-9-20/h1-12H,13-18H2. The van der Waals surface area contributed by atoms with Crippen molar-refractivity contribution in [1.82, 2.24) is 14.8 Å². The van der Waals surface area contributed by atoms with Crippen LogP contribution in [-0.4, -0.2) is 59.4 Å². The van der Waals surface area contributed by atoms with E-state index in [4.69, 9.17) is 9.47 Å². The molecule has 1 amide bonds. The maximum atomic E-state index is 13.9. The highest BCUT2D eigenvalue weighted by Crippen LogP contribution is 2.23. The van der Waals surface area contributed by atoms with Crippen molar-refractivity contribution < 1.29 is 23.5 Å². The highest BCUT2D eigenvalue weighted by molar-refractivity contribution is 5.93. The summed E-state index contributed by atoms with van der Waals surface area (Å²) in [6, 6.07) is 18.8. The van der Waals surface area contributed by atoms with Gasteiger partial charge in [-0.05, 0) is 30.3 Å². The van der Waals surface area contributed by atoms with Crippen molar-refractivity contribution in [3.63, 3.8) is 0 Å². The number of carbonyl (C=O) groups excluding carboxylic acids is 2. The van der Waals surface area contributed by atoms with Crippen LogP contribution in [0.4, 0.5) is 4.39 Å². The number of esters is 1. The number of carbonyl (C=O) groups is 2. The lowest BCUT2D eigenvalue weighted by Crippen LogP contribution is -2.49. The first-order chi connectivity index (χ1) is 16.1. The molecule has 1 saturated heterocycles. The van der Waals surface area contributed by atoms with Crippen LogP contribution in [0.5, 0.6) is 11.6 Å². The zero-order valence-electron chi connectivity index (χ0n) is 18.0. The summed E-state index contributed by atoms with van der Waals surface area (Å²) in [4.78, 5) is 33.0. The van der Waals surface area contributed by atoms with E-state index >= 15 is 0 Å². The molecule has 170 valence electrons. The Labute approximate surface area is 191 Å². The van der Waals surface area contributed by atoms with E-state index in [9.17, 15) is 14.0 Å². The Morgan fingerprint density at radius 2 is 1.64 bits per heavy atom. The third-order valence-electron chi connectivity index (χ3n) is 5.35. The van der Waals surface area contributed by atoms with Crippen molar-refractivity contribution in [3.05, 3.63) is 89.9 Å². The van der Waals surface area contributed by atoms with Crippen molar-refractivity contribution in [2.45, 2.75) is 6.54 Å². The summed E-state index contributed by atoms with van der Waals surface area (Å²) in [6.07, 6.45) is 1.51. The van der Waals surface area contributed by atoms with Crippen LogP contribution < -0.4 is 4.74 Å². The summed E-state index contributed by atoms with van der Waals surface area (Å²) in [7, 11) is 0. The zero-order valence-corrected chi connectivity index (χ0v) is 18.0. The van der Waals surface area contributed by atoms with E-state index in [0.717, 1.165) is 0 Å². The second-order valence-corrected chi connectivity index (χ2v) is 7.60. The summed E-state index contributed by atoms with van der Waals surface area (Å²) >= 11 is 0. The number of benzene rings is 2. The Hall–Kier alpha value is -3.78. The van der Waals surface area contributed by atoms with Gasteiger partial charge in [0.1, 0.15) is 17.1 Å². The molecule has 1 fully saturated rings. The van der Waals surface area contributed by atoms with Gasteiger partial charge in [-0.25, -0.2) is 14.2 Å². The molecular weight excluding hydrogens is 425 g/mol. The van der Waals surface area contributed by atoms with Gasteiger partial charge in [-0.2, -0.15) is 0 Å². The van der Waals surface area contributed by atoms with Crippen LogP contribution in [0.25, 0.3) is 0 Å². The van der Waals surface area contributed by atoms with Gasteiger partial charge in [-0.3, -0.25) is 9.69 Å². The molecule has 2 aromatic carbocycles. The lowest BCUT2D eigenvalue weighted by Gasteiger charge is -2.34. The smallest absolute Gasteiger partial charge is 0.344 e. The van der Waals surface area contributed by atoms with E-state index in [1.807, 2.05) is 24.3 Å². The fraction of sp³-hybridized carbons (Fsp3) is 0.240. The quantitative estimate of drug-likeness (QED) is 0.514. The number of ether oxygens (including phenoxy) is 2. The molecule has 3 aromatic rings. The van der Waals surface area contributed by atoms with E-state index in [0.29, 0.717) is 44.0 Å². The summed E-state index contributed by atoms with van der Waals surface area (Å²) < 4.78 is 24.8. The molecule has 7 nitrogen and oxygen atoms in total. The normalized spacial score (nSPS) is 14.0. The highest BCUT2D eigenvalue weighted by atomic mass is 19.1. The van der Waals surface area contributed by atoms with Crippen LogP contribution in [0.3, 0.4) is 0 Å². The fourth-order valence-electron chi connectivity index (χ4n) is 3.55. The van der Waals surface area contributed by atoms with Gasteiger partial charge < -0.3 is 14.4 Å². The summed E-state index contributed by atoms with van der Waals surface area (Å²) in [5.41, 5.74) is 0.778. The van der Waals surface area contributed by atoms with E-state index in [1.54, 1.807) is 41.3 Å². The molecule has 0 radical (unpaired) electrons. The molecule has 0 spiro atoms. The number of pyridine rings is 1. The average Bonchev–Trinajstić information content (AvgIpc) is 2.85. The minimum absolute atomic E-state index is 0.114. The van der Waals surface area contributed by atoms with Crippen LogP contribution in [0.15, 0.2) is 72.9 Å². The second-order valence-electron chi connectivity index (χ2n) is 7.60. The zero-order chi connectivity index (χ0) is 23.0. The number of hydrogen-bond donors (Lipinski definition) is 0.